The van der Waals surface area contributed by atoms with Crippen LogP contribution in [0.4, 0.5) is 0 Å². The summed E-state index contributed by atoms with van der Waals surface area (Å²) in [5, 5.41) is 3.20. The molecule has 2 aliphatic heterocycles. The standard InChI is InChI=1S/C8H16N2O/c1-2-4-10(3-1)6-8-5-9-7-11-8/h8-9H,1-7H2. The minimum atomic E-state index is 0.452. The van der Waals surface area contributed by atoms with Crippen LogP contribution >= 0.6 is 0 Å². The number of hydrogen-bond acceptors (Lipinski definition) is 3. The van der Waals surface area contributed by atoms with Crippen LogP contribution in [0.2, 0.25) is 0 Å². The fraction of sp³-hybridized carbons (Fsp3) is 1.00. The highest BCUT2D eigenvalue weighted by atomic mass is 16.5. The molecule has 0 bridgehead atoms. The minimum absolute atomic E-state index is 0.452. The van der Waals surface area contributed by atoms with Crippen LogP contribution in [0.25, 0.3) is 0 Å². The van der Waals surface area contributed by atoms with Crippen molar-refractivity contribution in [2.45, 2.75) is 18.9 Å². The van der Waals surface area contributed by atoms with Gasteiger partial charge in [0.15, 0.2) is 0 Å². The first kappa shape index (κ1) is 7.53. The molecule has 0 saturated carbocycles. The van der Waals surface area contributed by atoms with E-state index in [0.29, 0.717) is 6.10 Å². The third kappa shape index (κ3) is 1.92. The molecule has 2 heterocycles. The summed E-state index contributed by atoms with van der Waals surface area (Å²) in [4.78, 5) is 2.50. The predicted molar refractivity (Wildman–Crippen MR) is 43.4 cm³/mol. The van der Waals surface area contributed by atoms with Crippen LogP contribution in [0.15, 0.2) is 0 Å². The van der Waals surface area contributed by atoms with Crippen molar-refractivity contribution in [3.05, 3.63) is 0 Å². The zero-order chi connectivity index (χ0) is 7.52. The van der Waals surface area contributed by atoms with Gasteiger partial charge >= 0.3 is 0 Å². The predicted octanol–water partition coefficient (Wildman–Crippen LogP) is 0.0281. The van der Waals surface area contributed by atoms with Gasteiger partial charge in [-0.05, 0) is 25.9 Å². The lowest BCUT2D eigenvalue weighted by molar-refractivity contribution is 0.0841. The largest absolute Gasteiger partial charge is 0.360 e. The van der Waals surface area contributed by atoms with Gasteiger partial charge in [-0.25, -0.2) is 0 Å². The maximum atomic E-state index is 5.46. The Bertz CT molecular complexity index is 103. The second kappa shape index (κ2) is 3.52. The molecule has 1 N–H and O–H groups in total. The van der Waals surface area contributed by atoms with Gasteiger partial charge in [-0.15, -0.1) is 0 Å². The summed E-state index contributed by atoms with van der Waals surface area (Å²) in [6, 6.07) is 0. The van der Waals surface area contributed by atoms with Crippen LogP contribution in [-0.2, 0) is 4.74 Å². The van der Waals surface area contributed by atoms with E-state index in [1.54, 1.807) is 0 Å². The molecule has 0 radical (unpaired) electrons. The molecule has 0 aromatic carbocycles. The molecule has 1 unspecified atom stereocenters. The van der Waals surface area contributed by atoms with Gasteiger partial charge in [0.2, 0.25) is 0 Å². The highest BCUT2D eigenvalue weighted by molar-refractivity contribution is 4.74. The third-order valence-corrected chi connectivity index (χ3v) is 2.45. The van der Waals surface area contributed by atoms with Crippen LogP contribution in [0, 0.1) is 0 Å². The molecule has 3 heteroatoms. The first-order chi connectivity index (χ1) is 5.45. The molecule has 0 spiro atoms. The van der Waals surface area contributed by atoms with E-state index < -0.39 is 0 Å². The van der Waals surface area contributed by atoms with E-state index in [1.165, 1.54) is 25.9 Å². The summed E-state index contributed by atoms with van der Waals surface area (Å²) >= 11 is 0. The summed E-state index contributed by atoms with van der Waals surface area (Å²) < 4.78 is 5.46. The van der Waals surface area contributed by atoms with Gasteiger partial charge in [-0.1, -0.05) is 0 Å². The Hall–Kier alpha value is -0.120. The molecule has 2 aliphatic rings. The van der Waals surface area contributed by atoms with Crippen LogP contribution in [0.3, 0.4) is 0 Å². The molecular weight excluding hydrogens is 140 g/mol. The van der Waals surface area contributed by atoms with Crippen LogP contribution in [0.5, 0.6) is 0 Å². The van der Waals surface area contributed by atoms with Crippen LogP contribution < -0.4 is 5.32 Å². The maximum absolute atomic E-state index is 5.46. The molecule has 2 saturated heterocycles. The molecular formula is C8H16N2O. The minimum Gasteiger partial charge on any atom is -0.360 e. The fourth-order valence-corrected chi connectivity index (χ4v) is 1.83. The van der Waals surface area contributed by atoms with Crippen LogP contribution in [0.1, 0.15) is 12.8 Å². The zero-order valence-corrected chi connectivity index (χ0v) is 6.88. The Labute approximate surface area is 67.7 Å². The molecule has 0 amide bonds. The molecule has 0 aromatic rings. The van der Waals surface area contributed by atoms with Crippen molar-refractivity contribution in [3.63, 3.8) is 0 Å². The molecule has 2 fully saturated rings. The zero-order valence-electron chi connectivity index (χ0n) is 6.88. The van der Waals surface area contributed by atoms with Crippen LogP contribution in [-0.4, -0.2) is 43.9 Å². The molecule has 11 heavy (non-hydrogen) atoms. The first-order valence-electron chi connectivity index (χ1n) is 4.50. The lowest BCUT2D eigenvalue weighted by Gasteiger charge is -2.17. The number of rotatable bonds is 2. The van der Waals surface area contributed by atoms with Gasteiger partial charge < -0.3 is 9.64 Å². The number of hydrogen-bond donors (Lipinski definition) is 1. The van der Waals surface area contributed by atoms with Crippen molar-refractivity contribution in [1.82, 2.24) is 10.2 Å². The second-order valence-electron chi connectivity index (χ2n) is 3.39. The van der Waals surface area contributed by atoms with Gasteiger partial charge in [0, 0.05) is 13.1 Å². The van der Waals surface area contributed by atoms with Crippen molar-refractivity contribution in [2.75, 3.05) is 32.9 Å². The first-order valence-corrected chi connectivity index (χ1v) is 4.50. The summed E-state index contributed by atoms with van der Waals surface area (Å²) in [5.41, 5.74) is 0. The Kier molecular flexibility index (Phi) is 2.41. The van der Waals surface area contributed by atoms with E-state index in [0.717, 1.165) is 19.8 Å². The maximum Gasteiger partial charge on any atom is 0.0971 e. The Morgan fingerprint density at radius 3 is 2.82 bits per heavy atom. The molecule has 2 rings (SSSR count). The van der Waals surface area contributed by atoms with Gasteiger partial charge in [0.1, 0.15) is 0 Å². The summed E-state index contributed by atoms with van der Waals surface area (Å²) in [6.45, 7) is 5.47. The van der Waals surface area contributed by atoms with E-state index in [2.05, 4.69) is 10.2 Å². The Balaban J connectivity index is 1.71. The third-order valence-electron chi connectivity index (χ3n) is 2.45. The highest BCUT2D eigenvalue weighted by Crippen LogP contribution is 2.09. The fourth-order valence-electron chi connectivity index (χ4n) is 1.83. The summed E-state index contributed by atoms with van der Waals surface area (Å²) in [7, 11) is 0. The second-order valence-corrected chi connectivity index (χ2v) is 3.39. The quantitative estimate of drug-likeness (QED) is 0.610. The van der Waals surface area contributed by atoms with E-state index in [-0.39, 0.29) is 0 Å². The SMILES string of the molecule is C1CCN(CC2CNCO2)C1. The average Bonchev–Trinajstić information content (AvgIpc) is 2.60. The molecule has 64 valence electrons. The lowest BCUT2D eigenvalue weighted by atomic mass is 10.3. The normalized spacial score (nSPS) is 33.3. The van der Waals surface area contributed by atoms with Crippen molar-refractivity contribution in [2.24, 2.45) is 0 Å². The van der Waals surface area contributed by atoms with Crippen molar-refractivity contribution in [1.29, 1.82) is 0 Å². The lowest BCUT2D eigenvalue weighted by Crippen LogP contribution is -2.32. The number of likely N-dealkylation sites (tertiary alicyclic amines) is 1. The Morgan fingerprint density at radius 1 is 1.36 bits per heavy atom. The average molecular weight is 156 g/mol. The van der Waals surface area contributed by atoms with Crippen molar-refractivity contribution < 1.29 is 4.74 Å². The van der Waals surface area contributed by atoms with Gasteiger partial charge in [-0.3, -0.25) is 5.32 Å². The Morgan fingerprint density at radius 2 is 2.18 bits per heavy atom. The van der Waals surface area contributed by atoms with E-state index >= 15 is 0 Å². The highest BCUT2D eigenvalue weighted by Gasteiger charge is 2.20. The van der Waals surface area contributed by atoms with E-state index in [4.69, 9.17) is 4.74 Å². The molecule has 3 nitrogen and oxygen atoms in total. The smallest absolute Gasteiger partial charge is 0.0971 e. The number of nitrogens with one attached hydrogen (secondary N) is 1. The molecule has 0 aromatic heterocycles. The van der Waals surface area contributed by atoms with Gasteiger partial charge in [0.25, 0.3) is 0 Å². The van der Waals surface area contributed by atoms with Crippen molar-refractivity contribution >= 4 is 0 Å². The van der Waals surface area contributed by atoms with Gasteiger partial charge in [-0.2, -0.15) is 0 Å². The summed E-state index contributed by atoms with van der Waals surface area (Å²) in [5.74, 6) is 0. The summed E-state index contributed by atoms with van der Waals surface area (Å²) in [6.07, 6.45) is 3.20. The topological polar surface area (TPSA) is 24.5 Å². The van der Waals surface area contributed by atoms with E-state index in [9.17, 15) is 0 Å². The van der Waals surface area contributed by atoms with Gasteiger partial charge in [0.05, 0.1) is 12.8 Å². The van der Waals surface area contributed by atoms with Crippen molar-refractivity contribution in [3.8, 4) is 0 Å². The monoisotopic (exact) mass is 156 g/mol. The number of nitrogens with zero attached hydrogens (tertiary/aromatic N) is 1. The van der Waals surface area contributed by atoms with E-state index in [1.807, 2.05) is 0 Å². The number of ether oxygens (including phenoxy) is 1. The molecule has 0 aliphatic carbocycles. The molecule has 1 atom stereocenters.